The van der Waals surface area contributed by atoms with Crippen LogP contribution in [0.25, 0.3) is 0 Å². The molecule has 0 radical (unpaired) electrons. The average molecular weight is 579 g/mol. The van der Waals surface area contributed by atoms with E-state index >= 15 is 0 Å². The molecule has 0 saturated carbocycles. The SMILES string of the molecule is CCCCCCCCCCCCCCCCCC(=O)N(CCCNC(CCC(=O)O)C(=O)O)CCS(=O)(=O)O. The first-order valence-corrected chi connectivity index (χ1v) is 16.6. The fourth-order valence-electron chi connectivity index (χ4n) is 4.52. The molecule has 230 valence electrons. The van der Waals surface area contributed by atoms with Crippen LogP contribution in [0, 0.1) is 0 Å². The monoisotopic (exact) mass is 578 g/mol. The first kappa shape index (κ1) is 37.3. The lowest BCUT2D eigenvalue weighted by Gasteiger charge is -2.23. The van der Waals surface area contributed by atoms with Crippen molar-refractivity contribution in [3.63, 3.8) is 0 Å². The standard InChI is InChI=1S/C28H54N2O8S/c1-2-3-4-5-6-7-8-9-10-11-12-13-14-15-16-18-26(31)30(23-24-39(36,37)38)22-17-21-29-25(28(34)35)19-20-27(32)33/h25,29H,2-24H2,1H3,(H,32,33)(H,34,35)(H,36,37,38). The van der Waals surface area contributed by atoms with Gasteiger partial charge in [-0.15, -0.1) is 0 Å². The number of carbonyl (C=O) groups is 3. The molecule has 0 heterocycles. The second kappa shape index (κ2) is 24.1. The summed E-state index contributed by atoms with van der Waals surface area (Å²) >= 11 is 0. The van der Waals surface area contributed by atoms with Crippen molar-refractivity contribution in [1.29, 1.82) is 0 Å². The summed E-state index contributed by atoms with van der Waals surface area (Å²) in [6, 6.07) is -1.01. The van der Waals surface area contributed by atoms with E-state index in [0.29, 0.717) is 19.3 Å². The molecule has 1 amide bonds. The molecule has 1 atom stereocenters. The van der Waals surface area contributed by atoms with E-state index in [9.17, 15) is 27.9 Å². The maximum absolute atomic E-state index is 12.7. The molecule has 39 heavy (non-hydrogen) atoms. The molecule has 0 aromatic carbocycles. The molecule has 10 nitrogen and oxygen atoms in total. The van der Waals surface area contributed by atoms with Crippen LogP contribution in [0.15, 0.2) is 0 Å². The topological polar surface area (TPSA) is 161 Å². The fraction of sp³-hybridized carbons (Fsp3) is 0.893. The van der Waals surface area contributed by atoms with Crippen LogP contribution in [-0.4, -0.2) is 77.4 Å². The molecule has 0 aromatic heterocycles. The van der Waals surface area contributed by atoms with Crippen molar-refractivity contribution in [2.45, 2.75) is 135 Å². The minimum absolute atomic E-state index is 0.0603. The Hall–Kier alpha value is -1.72. The molecule has 0 bridgehead atoms. The zero-order chi connectivity index (χ0) is 29.4. The minimum Gasteiger partial charge on any atom is -0.481 e. The van der Waals surface area contributed by atoms with Gasteiger partial charge in [0.25, 0.3) is 10.1 Å². The van der Waals surface area contributed by atoms with Crippen molar-refractivity contribution >= 4 is 28.0 Å². The van der Waals surface area contributed by atoms with Gasteiger partial charge in [-0.1, -0.05) is 96.8 Å². The Balaban J connectivity index is 4.12. The number of aliphatic carboxylic acids is 2. The van der Waals surface area contributed by atoms with E-state index < -0.39 is 33.9 Å². The van der Waals surface area contributed by atoms with Gasteiger partial charge in [0.05, 0.1) is 5.75 Å². The third-order valence-electron chi connectivity index (χ3n) is 6.91. The second-order valence-electron chi connectivity index (χ2n) is 10.5. The molecule has 4 N–H and O–H groups in total. The van der Waals surface area contributed by atoms with Crippen LogP contribution in [0.1, 0.15) is 129 Å². The summed E-state index contributed by atoms with van der Waals surface area (Å²) in [4.78, 5) is 36.0. The first-order chi connectivity index (χ1) is 18.6. The molecule has 0 rings (SSSR count). The largest absolute Gasteiger partial charge is 0.481 e. The minimum atomic E-state index is -4.22. The van der Waals surface area contributed by atoms with E-state index in [1.165, 1.54) is 75.5 Å². The van der Waals surface area contributed by atoms with Crippen LogP contribution in [-0.2, 0) is 24.5 Å². The highest BCUT2D eigenvalue weighted by atomic mass is 32.2. The molecular weight excluding hydrogens is 524 g/mol. The van der Waals surface area contributed by atoms with Gasteiger partial charge in [-0.25, -0.2) is 0 Å². The maximum atomic E-state index is 12.7. The summed E-state index contributed by atoms with van der Waals surface area (Å²) in [5.41, 5.74) is 0. The van der Waals surface area contributed by atoms with Crippen LogP contribution < -0.4 is 5.32 Å². The molecule has 11 heteroatoms. The highest BCUT2D eigenvalue weighted by Crippen LogP contribution is 2.14. The Labute approximate surface area is 236 Å². The number of rotatable bonds is 28. The summed E-state index contributed by atoms with van der Waals surface area (Å²) in [6.07, 6.45) is 18.7. The number of amides is 1. The van der Waals surface area contributed by atoms with Crippen LogP contribution >= 0.6 is 0 Å². The van der Waals surface area contributed by atoms with Crippen molar-refractivity contribution in [3.05, 3.63) is 0 Å². The van der Waals surface area contributed by atoms with Gasteiger partial charge in [-0.3, -0.25) is 18.9 Å². The highest BCUT2D eigenvalue weighted by Gasteiger charge is 2.19. The number of carbonyl (C=O) groups excluding carboxylic acids is 1. The van der Waals surface area contributed by atoms with Gasteiger partial charge in [-0.2, -0.15) is 8.42 Å². The molecule has 1 unspecified atom stereocenters. The zero-order valence-corrected chi connectivity index (χ0v) is 24.9. The van der Waals surface area contributed by atoms with Crippen molar-refractivity contribution in [1.82, 2.24) is 10.2 Å². The number of hydrogen-bond acceptors (Lipinski definition) is 6. The third-order valence-corrected chi connectivity index (χ3v) is 7.61. The molecule has 0 aromatic rings. The molecule has 0 aliphatic rings. The van der Waals surface area contributed by atoms with Gasteiger partial charge >= 0.3 is 11.9 Å². The maximum Gasteiger partial charge on any atom is 0.320 e. The zero-order valence-electron chi connectivity index (χ0n) is 24.1. The van der Waals surface area contributed by atoms with Gasteiger partial charge in [0.1, 0.15) is 6.04 Å². The Morgan fingerprint density at radius 3 is 1.64 bits per heavy atom. The van der Waals surface area contributed by atoms with E-state index in [4.69, 9.17) is 9.66 Å². The van der Waals surface area contributed by atoms with E-state index in [0.717, 1.165) is 19.3 Å². The van der Waals surface area contributed by atoms with Crippen LogP contribution in [0.2, 0.25) is 0 Å². The fourth-order valence-corrected chi connectivity index (χ4v) is 4.97. The number of carboxylic acid groups (broad SMARTS) is 2. The lowest BCUT2D eigenvalue weighted by molar-refractivity contribution is -0.141. The van der Waals surface area contributed by atoms with Crippen molar-refractivity contribution in [2.24, 2.45) is 0 Å². The van der Waals surface area contributed by atoms with Crippen molar-refractivity contribution < 1.29 is 37.6 Å². The van der Waals surface area contributed by atoms with E-state index in [1.807, 2.05) is 0 Å². The van der Waals surface area contributed by atoms with Crippen molar-refractivity contribution in [2.75, 3.05) is 25.4 Å². The highest BCUT2D eigenvalue weighted by molar-refractivity contribution is 7.85. The predicted octanol–water partition coefficient (Wildman–Crippen LogP) is 5.26. The molecule has 0 fully saturated rings. The lowest BCUT2D eigenvalue weighted by atomic mass is 10.0. The summed E-state index contributed by atoms with van der Waals surface area (Å²) < 4.78 is 31.4. The lowest BCUT2D eigenvalue weighted by Crippen LogP contribution is -2.40. The first-order valence-electron chi connectivity index (χ1n) is 15.0. The Bertz CT molecular complexity index is 761. The molecule has 0 aliphatic heterocycles. The summed E-state index contributed by atoms with van der Waals surface area (Å²) in [6.45, 7) is 2.55. The predicted molar refractivity (Wildman–Crippen MR) is 153 cm³/mol. The van der Waals surface area contributed by atoms with Gasteiger partial charge in [0.2, 0.25) is 5.91 Å². The van der Waals surface area contributed by atoms with E-state index in [1.54, 1.807) is 0 Å². The molecule has 0 spiro atoms. The number of nitrogens with one attached hydrogen (secondary N) is 1. The van der Waals surface area contributed by atoms with E-state index in [2.05, 4.69) is 12.2 Å². The van der Waals surface area contributed by atoms with Gasteiger partial charge in [-0.05, 0) is 25.8 Å². The Kier molecular flexibility index (Phi) is 23.0. The number of hydrogen-bond donors (Lipinski definition) is 4. The molecular formula is C28H54N2O8S. The Morgan fingerprint density at radius 2 is 1.21 bits per heavy atom. The number of unbranched alkanes of at least 4 members (excludes halogenated alkanes) is 14. The molecule has 0 saturated heterocycles. The molecule has 0 aliphatic carbocycles. The van der Waals surface area contributed by atoms with Crippen LogP contribution in [0.5, 0.6) is 0 Å². The quantitative estimate of drug-likeness (QED) is 0.0716. The number of carboxylic acids is 2. The van der Waals surface area contributed by atoms with Crippen molar-refractivity contribution in [3.8, 4) is 0 Å². The normalized spacial score (nSPS) is 12.4. The van der Waals surface area contributed by atoms with E-state index in [-0.39, 0.29) is 38.4 Å². The smallest absolute Gasteiger partial charge is 0.320 e. The number of nitrogens with zero attached hydrogens (tertiary/aromatic N) is 1. The summed E-state index contributed by atoms with van der Waals surface area (Å²) in [5.74, 6) is -2.97. The Morgan fingerprint density at radius 1 is 0.718 bits per heavy atom. The van der Waals surface area contributed by atoms with Crippen LogP contribution in [0.3, 0.4) is 0 Å². The third kappa shape index (κ3) is 25.0. The van der Waals surface area contributed by atoms with Crippen LogP contribution in [0.4, 0.5) is 0 Å². The van der Waals surface area contributed by atoms with Gasteiger partial charge < -0.3 is 20.4 Å². The summed E-state index contributed by atoms with van der Waals surface area (Å²) in [5, 5.41) is 20.7. The van der Waals surface area contributed by atoms with Gasteiger partial charge in [0, 0.05) is 25.9 Å². The summed E-state index contributed by atoms with van der Waals surface area (Å²) in [7, 11) is -4.22. The second-order valence-corrected chi connectivity index (χ2v) is 12.1. The van der Waals surface area contributed by atoms with Gasteiger partial charge in [0.15, 0.2) is 0 Å². The average Bonchev–Trinajstić information content (AvgIpc) is 2.86.